The van der Waals surface area contributed by atoms with Gasteiger partial charge in [0.2, 0.25) is 0 Å². The van der Waals surface area contributed by atoms with E-state index < -0.39 is 0 Å². The van der Waals surface area contributed by atoms with E-state index in [9.17, 15) is 4.79 Å². The topological polar surface area (TPSA) is 67.5 Å². The molecule has 4 rings (SSSR count). The summed E-state index contributed by atoms with van der Waals surface area (Å²) in [7, 11) is 0. The Balaban J connectivity index is 1.65. The summed E-state index contributed by atoms with van der Waals surface area (Å²) in [5, 5.41) is 4.78. The Morgan fingerprint density at radius 2 is 2.13 bits per heavy atom. The molecular formula is C18H15N3O2. The number of carbonyl (C=O) groups excluding carboxylic acids is 1. The third-order valence-electron chi connectivity index (χ3n) is 3.88. The van der Waals surface area contributed by atoms with E-state index in [-0.39, 0.29) is 5.91 Å². The van der Waals surface area contributed by atoms with Crippen LogP contribution in [-0.2, 0) is 0 Å². The van der Waals surface area contributed by atoms with Gasteiger partial charge in [0.1, 0.15) is 5.76 Å². The molecule has 1 aliphatic rings. The first-order valence-corrected chi connectivity index (χ1v) is 7.58. The second-order valence-electron chi connectivity index (χ2n) is 5.60. The van der Waals surface area contributed by atoms with Crippen LogP contribution >= 0.6 is 0 Å². The highest BCUT2D eigenvalue weighted by Crippen LogP contribution is 2.40. The zero-order chi connectivity index (χ0) is 15.6. The number of rotatable bonds is 4. The van der Waals surface area contributed by atoms with Gasteiger partial charge in [0, 0.05) is 17.0 Å². The van der Waals surface area contributed by atoms with Crippen molar-refractivity contribution in [2.24, 2.45) is 5.10 Å². The van der Waals surface area contributed by atoms with E-state index in [1.54, 1.807) is 18.4 Å². The highest BCUT2D eigenvalue weighted by molar-refractivity contribution is 6.06. The van der Waals surface area contributed by atoms with Crippen molar-refractivity contribution in [3.8, 4) is 0 Å². The van der Waals surface area contributed by atoms with Crippen molar-refractivity contribution in [2.75, 3.05) is 0 Å². The molecule has 0 unspecified atom stereocenters. The lowest BCUT2D eigenvalue weighted by atomic mass is 10.1. The Morgan fingerprint density at radius 3 is 2.91 bits per heavy atom. The minimum absolute atomic E-state index is 0.242. The number of para-hydroxylation sites is 1. The van der Waals surface area contributed by atoms with E-state index >= 15 is 0 Å². The monoisotopic (exact) mass is 305 g/mol. The minimum Gasteiger partial charge on any atom is -0.463 e. The van der Waals surface area contributed by atoms with Crippen LogP contribution in [0.4, 0.5) is 0 Å². The predicted octanol–water partition coefficient (Wildman–Crippen LogP) is 3.47. The van der Waals surface area contributed by atoms with Crippen LogP contribution in [0.25, 0.3) is 10.9 Å². The molecule has 5 nitrogen and oxygen atoms in total. The van der Waals surface area contributed by atoms with Gasteiger partial charge in [-0.25, -0.2) is 5.43 Å². The molecule has 1 amide bonds. The summed E-state index contributed by atoms with van der Waals surface area (Å²) in [6.45, 7) is 0. The summed E-state index contributed by atoms with van der Waals surface area (Å²) in [6, 6.07) is 13.1. The Labute approximate surface area is 133 Å². The van der Waals surface area contributed by atoms with Gasteiger partial charge in [-0.2, -0.15) is 5.10 Å². The molecule has 1 aliphatic carbocycles. The molecular weight excluding hydrogens is 290 g/mol. The first-order chi connectivity index (χ1) is 11.3. The van der Waals surface area contributed by atoms with Gasteiger partial charge in [-0.1, -0.05) is 18.2 Å². The van der Waals surface area contributed by atoms with E-state index in [1.807, 2.05) is 30.3 Å². The fraction of sp³-hybridized carbons (Fsp3) is 0.167. The number of nitrogens with one attached hydrogen (secondary N) is 1. The molecule has 2 heterocycles. The second kappa shape index (κ2) is 5.68. The number of amides is 1. The number of fused-ring (bicyclic) bond motifs is 1. The highest BCUT2D eigenvalue weighted by atomic mass is 16.3. The molecule has 1 N–H and O–H groups in total. The Morgan fingerprint density at radius 1 is 1.26 bits per heavy atom. The molecule has 3 aromatic rings. The van der Waals surface area contributed by atoms with Crippen molar-refractivity contribution in [2.45, 2.75) is 18.8 Å². The van der Waals surface area contributed by atoms with Gasteiger partial charge >= 0.3 is 0 Å². The maximum absolute atomic E-state index is 12.5. The quantitative estimate of drug-likeness (QED) is 0.593. The fourth-order valence-electron chi connectivity index (χ4n) is 2.55. The lowest BCUT2D eigenvalue weighted by molar-refractivity contribution is 0.0956. The van der Waals surface area contributed by atoms with E-state index in [2.05, 4.69) is 15.5 Å². The van der Waals surface area contributed by atoms with Crippen LogP contribution in [0.3, 0.4) is 0 Å². The summed E-state index contributed by atoms with van der Waals surface area (Å²) in [5.41, 5.74) is 5.00. The molecule has 0 radical (unpaired) electrons. The van der Waals surface area contributed by atoms with Gasteiger partial charge in [-0.3, -0.25) is 9.78 Å². The third-order valence-corrected chi connectivity index (χ3v) is 3.88. The third kappa shape index (κ3) is 2.85. The van der Waals surface area contributed by atoms with Gasteiger partial charge in [-0.15, -0.1) is 0 Å². The standard InChI is InChI=1S/C18H15N3O2/c22-18(21-19-11-13-4-3-9-23-13)15-10-17(12-7-8-12)20-16-6-2-1-5-14(15)16/h1-6,9-12H,7-8H2,(H,21,22). The SMILES string of the molecule is O=C(NN=Cc1ccco1)c1cc(C2CC2)nc2ccccc12. The largest absolute Gasteiger partial charge is 0.463 e. The molecule has 0 atom stereocenters. The van der Waals surface area contributed by atoms with Crippen molar-refractivity contribution in [1.82, 2.24) is 10.4 Å². The molecule has 1 fully saturated rings. The molecule has 0 spiro atoms. The Bertz CT molecular complexity index is 880. The van der Waals surface area contributed by atoms with Crippen molar-refractivity contribution < 1.29 is 9.21 Å². The first kappa shape index (κ1) is 13.7. The van der Waals surface area contributed by atoms with E-state index in [1.165, 1.54) is 6.21 Å². The summed E-state index contributed by atoms with van der Waals surface area (Å²) >= 11 is 0. The van der Waals surface area contributed by atoms with Crippen LogP contribution in [0.1, 0.15) is 40.6 Å². The average molecular weight is 305 g/mol. The lowest BCUT2D eigenvalue weighted by Gasteiger charge is -2.08. The lowest BCUT2D eigenvalue weighted by Crippen LogP contribution is -2.18. The number of pyridine rings is 1. The maximum atomic E-state index is 12.5. The molecule has 0 saturated heterocycles. The van der Waals surface area contributed by atoms with Crippen molar-refractivity contribution in [3.05, 3.63) is 65.7 Å². The minimum atomic E-state index is -0.242. The number of aromatic nitrogens is 1. The molecule has 23 heavy (non-hydrogen) atoms. The zero-order valence-electron chi connectivity index (χ0n) is 12.4. The summed E-state index contributed by atoms with van der Waals surface area (Å²) in [5.74, 6) is 0.828. The van der Waals surface area contributed by atoms with Crippen LogP contribution < -0.4 is 5.43 Å². The van der Waals surface area contributed by atoms with E-state index in [0.717, 1.165) is 29.4 Å². The van der Waals surface area contributed by atoms with Crippen LogP contribution in [0.2, 0.25) is 0 Å². The maximum Gasteiger partial charge on any atom is 0.272 e. The van der Waals surface area contributed by atoms with Crippen molar-refractivity contribution in [1.29, 1.82) is 0 Å². The number of furan rings is 1. The Kier molecular flexibility index (Phi) is 3.38. The van der Waals surface area contributed by atoms with Gasteiger partial charge < -0.3 is 4.42 Å². The highest BCUT2D eigenvalue weighted by Gasteiger charge is 2.26. The van der Waals surface area contributed by atoms with E-state index in [0.29, 0.717) is 17.2 Å². The number of hydrogen-bond acceptors (Lipinski definition) is 4. The molecule has 114 valence electrons. The summed E-state index contributed by atoms with van der Waals surface area (Å²) in [4.78, 5) is 17.2. The molecule has 0 aliphatic heterocycles. The van der Waals surface area contributed by atoms with Crippen molar-refractivity contribution >= 4 is 23.0 Å². The molecule has 2 aromatic heterocycles. The van der Waals surface area contributed by atoms with Crippen LogP contribution in [0.15, 0.2) is 58.2 Å². The van der Waals surface area contributed by atoms with E-state index in [4.69, 9.17) is 4.42 Å². The van der Waals surface area contributed by atoms with Crippen LogP contribution in [0, 0.1) is 0 Å². The number of nitrogens with zero attached hydrogens (tertiary/aromatic N) is 2. The first-order valence-electron chi connectivity index (χ1n) is 7.58. The zero-order valence-corrected chi connectivity index (χ0v) is 12.4. The van der Waals surface area contributed by atoms with Crippen LogP contribution in [-0.4, -0.2) is 17.1 Å². The number of hydrazone groups is 1. The predicted molar refractivity (Wildman–Crippen MR) is 87.5 cm³/mol. The number of hydrogen-bond donors (Lipinski definition) is 1. The van der Waals surface area contributed by atoms with Gasteiger partial charge in [0.05, 0.1) is 23.6 Å². The summed E-state index contributed by atoms with van der Waals surface area (Å²) in [6.07, 6.45) is 5.32. The smallest absolute Gasteiger partial charge is 0.272 e. The molecule has 1 aromatic carbocycles. The van der Waals surface area contributed by atoms with Gasteiger partial charge in [0.15, 0.2) is 0 Å². The van der Waals surface area contributed by atoms with Crippen LogP contribution in [0.5, 0.6) is 0 Å². The molecule has 1 saturated carbocycles. The normalized spacial score (nSPS) is 14.4. The molecule has 0 bridgehead atoms. The fourth-order valence-corrected chi connectivity index (χ4v) is 2.55. The van der Waals surface area contributed by atoms with Crippen molar-refractivity contribution in [3.63, 3.8) is 0 Å². The number of benzene rings is 1. The van der Waals surface area contributed by atoms with Gasteiger partial charge in [0.25, 0.3) is 5.91 Å². The number of carbonyl (C=O) groups is 1. The Hall–Kier alpha value is -2.95. The molecule has 5 heteroatoms. The second-order valence-corrected chi connectivity index (χ2v) is 5.60. The summed E-state index contributed by atoms with van der Waals surface area (Å²) < 4.78 is 5.14. The average Bonchev–Trinajstić information content (AvgIpc) is 3.31. The van der Waals surface area contributed by atoms with Gasteiger partial charge in [-0.05, 0) is 37.1 Å².